The average Bonchev–Trinajstić information content (AvgIpc) is 2.73. The number of benzene rings is 1. The van der Waals surface area contributed by atoms with Crippen molar-refractivity contribution in [3.63, 3.8) is 0 Å². The first-order valence-corrected chi connectivity index (χ1v) is 10.8. The van der Waals surface area contributed by atoms with Gasteiger partial charge in [0.2, 0.25) is 11.8 Å². The minimum atomic E-state index is -0.181. The summed E-state index contributed by atoms with van der Waals surface area (Å²) in [5.41, 5.74) is 1.33. The van der Waals surface area contributed by atoms with E-state index < -0.39 is 0 Å². The summed E-state index contributed by atoms with van der Waals surface area (Å²) < 4.78 is 1.65. The molecule has 2 aromatic rings. The number of anilines is 1. The molecule has 0 atom stereocenters. The third-order valence-corrected chi connectivity index (χ3v) is 5.18. The number of rotatable bonds is 8. The fourth-order valence-corrected chi connectivity index (χ4v) is 3.72. The van der Waals surface area contributed by atoms with Crippen LogP contribution < -0.4 is 21.1 Å². The highest BCUT2D eigenvalue weighted by Gasteiger charge is 2.19. The summed E-state index contributed by atoms with van der Waals surface area (Å²) in [5.74, 6) is 0.201. The first-order chi connectivity index (χ1) is 14.5. The molecule has 0 spiro atoms. The Bertz CT molecular complexity index is 947. The quantitative estimate of drug-likeness (QED) is 0.688. The molecule has 3 rings (SSSR count). The largest absolute Gasteiger partial charge is 0.356 e. The van der Waals surface area contributed by atoms with Crippen LogP contribution in [0.1, 0.15) is 46.0 Å². The second-order valence-corrected chi connectivity index (χ2v) is 8.00. The number of piperidine rings is 1. The molecule has 1 fully saturated rings. The molecule has 2 amide bonds. The highest BCUT2D eigenvalue weighted by molar-refractivity contribution is 5.80. The van der Waals surface area contributed by atoms with Crippen LogP contribution in [-0.2, 0) is 16.1 Å². The summed E-state index contributed by atoms with van der Waals surface area (Å²) in [5, 5.41) is 5.55. The topological polar surface area (TPSA) is 96.3 Å². The molecule has 0 bridgehead atoms. The molecule has 30 heavy (non-hydrogen) atoms. The number of aryl methyl sites for hydroxylation is 1. The maximum absolute atomic E-state index is 13.2. The van der Waals surface area contributed by atoms with Crippen molar-refractivity contribution < 1.29 is 9.59 Å². The highest BCUT2D eigenvalue weighted by atomic mass is 16.2. The number of amides is 2. The molecule has 1 aromatic heterocycles. The molecule has 1 aliphatic rings. The maximum Gasteiger partial charge on any atom is 0.294 e. The van der Waals surface area contributed by atoms with Gasteiger partial charge in [-0.25, -0.2) is 4.98 Å². The highest BCUT2D eigenvalue weighted by Crippen LogP contribution is 2.18. The van der Waals surface area contributed by atoms with E-state index in [0.29, 0.717) is 5.82 Å². The molecular formula is C22H31N5O3. The molecule has 0 aliphatic carbocycles. The predicted molar refractivity (Wildman–Crippen MR) is 118 cm³/mol. The van der Waals surface area contributed by atoms with E-state index in [1.807, 2.05) is 38.1 Å². The van der Waals surface area contributed by atoms with Gasteiger partial charge in [0, 0.05) is 45.1 Å². The number of carbonyl (C=O) groups is 2. The van der Waals surface area contributed by atoms with Gasteiger partial charge in [-0.2, -0.15) is 0 Å². The summed E-state index contributed by atoms with van der Waals surface area (Å²) in [6, 6.07) is 7.60. The molecule has 2 heterocycles. The van der Waals surface area contributed by atoms with Gasteiger partial charge in [0.25, 0.3) is 5.56 Å². The summed E-state index contributed by atoms with van der Waals surface area (Å²) >= 11 is 0. The molecule has 8 nitrogen and oxygen atoms in total. The van der Waals surface area contributed by atoms with Crippen molar-refractivity contribution in [1.82, 2.24) is 20.2 Å². The monoisotopic (exact) mass is 413 g/mol. The standard InChI is InChI=1S/C22H31N5O3/c1-16(2)24-20(29)10-12-23-19(28)11-15-27-18-9-5-4-8-17(18)25-21(22(27)30)26-13-6-3-7-14-26/h4-5,8-9,16H,3,6-7,10-15H2,1-2H3,(H,23,28)(H,24,29). The third-order valence-electron chi connectivity index (χ3n) is 5.18. The van der Waals surface area contributed by atoms with E-state index >= 15 is 0 Å². The van der Waals surface area contributed by atoms with Crippen molar-refractivity contribution in [2.75, 3.05) is 24.5 Å². The Balaban J connectivity index is 1.69. The summed E-state index contributed by atoms with van der Waals surface area (Å²) in [6.07, 6.45) is 3.69. The van der Waals surface area contributed by atoms with E-state index in [1.165, 1.54) is 6.42 Å². The molecule has 2 N–H and O–H groups in total. The van der Waals surface area contributed by atoms with Crippen LogP contribution in [0.5, 0.6) is 0 Å². The first-order valence-electron chi connectivity index (χ1n) is 10.8. The number of nitrogens with one attached hydrogen (secondary N) is 2. The Hall–Kier alpha value is -2.90. The lowest BCUT2D eigenvalue weighted by Crippen LogP contribution is -2.38. The molecule has 162 valence electrons. The fraction of sp³-hybridized carbons (Fsp3) is 0.545. The number of para-hydroxylation sites is 2. The van der Waals surface area contributed by atoms with E-state index in [0.717, 1.165) is 37.0 Å². The molecule has 1 aliphatic heterocycles. The van der Waals surface area contributed by atoms with Gasteiger partial charge < -0.3 is 20.1 Å². The Morgan fingerprint density at radius 3 is 2.53 bits per heavy atom. The van der Waals surface area contributed by atoms with Crippen molar-refractivity contribution in [3.8, 4) is 0 Å². The van der Waals surface area contributed by atoms with E-state index in [1.54, 1.807) is 4.57 Å². The molecule has 0 saturated carbocycles. The molecular weight excluding hydrogens is 382 g/mol. The van der Waals surface area contributed by atoms with Crippen molar-refractivity contribution in [1.29, 1.82) is 0 Å². The van der Waals surface area contributed by atoms with Crippen LogP contribution in [0.25, 0.3) is 11.0 Å². The van der Waals surface area contributed by atoms with Gasteiger partial charge in [-0.05, 0) is 45.2 Å². The van der Waals surface area contributed by atoms with Gasteiger partial charge in [-0.1, -0.05) is 12.1 Å². The number of hydrogen-bond donors (Lipinski definition) is 2. The van der Waals surface area contributed by atoms with Crippen LogP contribution in [0.2, 0.25) is 0 Å². The molecule has 8 heteroatoms. The van der Waals surface area contributed by atoms with E-state index in [2.05, 4.69) is 20.5 Å². The Morgan fingerprint density at radius 1 is 1.07 bits per heavy atom. The Kier molecular flexibility index (Phi) is 7.43. The number of fused-ring (bicyclic) bond motifs is 1. The first kappa shape index (κ1) is 21.8. The Morgan fingerprint density at radius 2 is 1.80 bits per heavy atom. The molecule has 0 radical (unpaired) electrons. The zero-order chi connectivity index (χ0) is 21.5. The van der Waals surface area contributed by atoms with Crippen molar-refractivity contribution in [2.45, 2.75) is 58.5 Å². The van der Waals surface area contributed by atoms with Crippen molar-refractivity contribution in [2.24, 2.45) is 0 Å². The van der Waals surface area contributed by atoms with Crippen LogP contribution in [0.3, 0.4) is 0 Å². The molecule has 1 aromatic carbocycles. The fourth-order valence-electron chi connectivity index (χ4n) is 3.72. The summed E-state index contributed by atoms with van der Waals surface area (Å²) in [6.45, 7) is 6.00. The van der Waals surface area contributed by atoms with Crippen LogP contribution >= 0.6 is 0 Å². The minimum Gasteiger partial charge on any atom is -0.356 e. The van der Waals surface area contributed by atoms with Gasteiger partial charge >= 0.3 is 0 Å². The minimum absolute atomic E-state index is 0.0779. The number of hydrogen-bond acceptors (Lipinski definition) is 5. The van der Waals surface area contributed by atoms with Gasteiger partial charge in [0.1, 0.15) is 0 Å². The maximum atomic E-state index is 13.2. The van der Waals surface area contributed by atoms with Crippen LogP contribution in [0.4, 0.5) is 5.82 Å². The van der Waals surface area contributed by atoms with Crippen LogP contribution in [0.15, 0.2) is 29.1 Å². The Labute approximate surface area is 176 Å². The molecule has 0 unspecified atom stereocenters. The number of carbonyl (C=O) groups excluding carboxylic acids is 2. The zero-order valence-corrected chi connectivity index (χ0v) is 17.8. The number of nitrogens with zero attached hydrogens (tertiary/aromatic N) is 3. The van der Waals surface area contributed by atoms with Crippen molar-refractivity contribution in [3.05, 3.63) is 34.6 Å². The van der Waals surface area contributed by atoms with E-state index in [9.17, 15) is 14.4 Å². The summed E-state index contributed by atoms with van der Waals surface area (Å²) in [7, 11) is 0. The number of aromatic nitrogens is 2. The van der Waals surface area contributed by atoms with E-state index in [4.69, 9.17) is 0 Å². The SMILES string of the molecule is CC(C)NC(=O)CCNC(=O)CCn1c(=O)c(N2CCCCC2)nc2ccccc21. The van der Waals surface area contributed by atoms with Gasteiger partial charge in [0.05, 0.1) is 11.0 Å². The van der Waals surface area contributed by atoms with Crippen LogP contribution in [0, 0.1) is 0 Å². The normalized spacial score (nSPS) is 14.2. The second kappa shape index (κ2) is 10.2. The lowest BCUT2D eigenvalue weighted by atomic mass is 10.1. The second-order valence-electron chi connectivity index (χ2n) is 8.00. The predicted octanol–water partition coefficient (Wildman–Crippen LogP) is 1.81. The van der Waals surface area contributed by atoms with Gasteiger partial charge in [0.15, 0.2) is 5.82 Å². The lowest BCUT2D eigenvalue weighted by molar-refractivity contribution is -0.122. The zero-order valence-electron chi connectivity index (χ0n) is 17.8. The average molecular weight is 414 g/mol. The summed E-state index contributed by atoms with van der Waals surface area (Å²) in [4.78, 5) is 43.8. The van der Waals surface area contributed by atoms with Gasteiger partial charge in [-0.15, -0.1) is 0 Å². The van der Waals surface area contributed by atoms with Crippen LogP contribution in [-0.4, -0.2) is 47.0 Å². The third kappa shape index (κ3) is 5.58. The van der Waals surface area contributed by atoms with Gasteiger partial charge in [-0.3, -0.25) is 14.4 Å². The van der Waals surface area contributed by atoms with Crippen molar-refractivity contribution >= 4 is 28.7 Å². The lowest BCUT2D eigenvalue weighted by Gasteiger charge is -2.27. The van der Waals surface area contributed by atoms with E-state index in [-0.39, 0.29) is 49.3 Å². The molecule has 1 saturated heterocycles. The smallest absolute Gasteiger partial charge is 0.294 e.